The summed E-state index contributed by atoms with van der Waals surface area (Å²) >= 11 is 0. The average Bonchev–Trinajstić information content (AvgIpc) is 3.15. The Morgan fingerprint density at radius 2 is 1.69 bits per heavy atom. The van der Waals surface area contributed by atoms with Crippen molar-refractivity contribution in [1.82, 2.24) is 4.90 Å². The fourth-order valence-electron chi connectivity index (χ4n) is 4.16. The summed E-state index contributed by atoms with van der Waals surface area (Å²) in [4.78, 5) is 31.4. The number of aryl methyl sites for hydroxylation is 1. The van der Waals surface area contributed by atoms with Gasteiger partial charge in [-0.15, -0.1) is 0 Å². The summed E-state index contributed by atoms with van der Waals surface area (Å²) < 4.78 is 5.46. The Morgan fingerprint density at radius 1 is 1.00 bits per heavy atom. The SMILES string of the molecule is COc1ccccc1N1CCN(C(=O)[C@@H]2CC(=O)N(c3ccc(C)cc3)C2)CC1. The Bertz CT molecular complexity index is 888. The lowest BCUT2D eigenvalue weighted by molar-refractivity contribution is -0.136. The predicted molar refractivity (Wildman–Crippen MR) is 113 cm³/mol. The van der Waals surface area contributed by atoms with Gasteiger partial charge >= 0.3 is 0 Å². The standard InChI is InChI=1S/C23H27N3O3/c1-17-7-9-19(10-8-17)26-16-18(15-22(26)27)23(28)25-13-11-24(12-14-25)20-5-3-4-6-21(20)29-2/h3-10,18H,11-16H2,1-2H3/t18-/m1/s1. The van der Waals surface area contributed by atoms with E-state index in [1.807, 2.05) is 60.4 Å². The molecular formula is C23H27N3O3. The molecule has 29 heavy (non-hydrogen) atoms. The molecular weight excluding hydrogens is 366 g/mol. The molecule has 4 rings (SSSR count). The zero-order valence-electron chi connectivity index (χ0n) is 17.0. The minimum Gasteiger partial charge on any atom is -0.495 e. The summed E-state index contributed by atoms with van der Waals surface area (Å²) in [6.45, 7) is 5.32. The van der Waals surface area contributed by atoms with Gasteiger partial charge in [0.15, 0.2) is 0 Å². The van der Waals surface area contributed by atoms with E-state index >= 15 is 0 Å². The summed E-state index contributed by atoms with van der Waals surface area (Å²) in [6.07, 6.45) is 0.291. The monoisotopic (exact) mass is 393 g/mol. The number of anilines is 2. The van der Waals surface area contributed by atoms with Gasteiger partial charge in [0, 0.05) is 44.8 Å². The zero-order chi connectivity index (χ0) is 20.4. The second-order valence-electron chi connectivity index (χ2n) is 7.73. The molecule has 0 unspecified atom stereocenters. The summed E-state index contributed by atoms with van der Waals surface area (Å²) in [6, 6.07) is 15.8. The first-order valence-electron chi connectivity index (χ1n) is 10.1. The van der Waals surface area contributed by atoms with E-state index < -0.39 is 0 Å². The van der Waals surface area contributed by atoms with E-state index in [1.54, 1.807) is 12.0 Å². The van der Waals surface area contributed by atoms with Crippen LogP contribution in [-0.2, 0) is 9.59 Å². The van der Waals surface area contributed by atoms with Gasteiger partial charge < -0.3 is 19.4 Å². The quantitative estimate of drug-likeness (QED) is 0.802. The lowest BCUT2D eigenvalue weighted by atomic mass is 10.1. The fraction of sp³-hybridized carbons (Fsp3) is 0.391. The third-order valence-electron chi connectivity index (χ3n) is 5.84. The van der Waals surface area contributed by atoms with E-state index in [4.69, 9.17) is 4.74 Å². The highest BCUT2D eigenvalue weighted by Gasteiger charge is 2.38. The van der Waals surface area contributed by atoms with Crippen molar-refractivity contribution < 1.29 is 14.3 Å². The molecule has 0 aliphatic carbocycles. The first kappa shape index (κ1) is 19.3. The first-order chi connectivity index (χ1) is 14.1. The summed E-state index contributed by atoms with van der Waals surface area (Å²) in [5.74, 6) is 0.705. The second-order valence-corrected chi connectivity index (χ2v) is 7.73. The van der Waals surface area contributed by atoms with Crippen LogP contribution in [0.3, 0.4) is 0 Å². The number of nitrogens with zero attached hydrogens (tertiary/aromatic N) is 3. The van der Waals surface area contributed by atoms with Gasteiger partial charge in [0.2, 0.25) is 11.8 Å². The number of hydrogen-bond donors (Lipinski definition) is 0. The number of rotatable bonds is 4. The summed E-state index contributed by atoms with van der Waals surface area (Å²) in [5, 5.41) is 0. The van der Waals surface area contributed by atoms with Crippen molar-refractivity contribution in [1.29, 1.82) is 0 Å². The van der Waals surface area contributed by atoms with Crippen LogP contribution in [0.1, 0.15) is 12.0 Å². The molecule has 0 spiro atoms. The largest absolute Gasteiger partial charge is 0.495 e. The first-order valence-corrected chi connectivity index (χ1v) is 10.1. The topological polar surface area (TPSA) is 53.1 Å². The number of carbonyl (C=O) groups excluding carboxylic acids is 2. The van der Waals surface area contributed by atoms with Gasteiger partial charge in [-0.05, 0) is 31.2 Å². The van der Waals surface area contributed by atoms with Crippen LogP contribution >= 0.6 is 0 Å². The maximum Gasteiger partial charge on any atom is 0.228 e. The molecule has 2 amide bonds. The Balaban J connectivity index is 1.37. The third kappa shape index (κ3) is 3.92. The van der Waals surface area contributed by atoms with Crippen molar-refractivity contribution >= 4 is 23.2 Å². The molecule has 6 nitrogen and oxygen atoms in total. The highest BCUT2D eigenvalue weighted by atomic mass is 16.5. The molecule has 0 radical (unpaired) electrons. The van der Waals surface area contributed by atoms with Crippen LogP contribution in [0, 0.1) is 12.8 Å². The predicted octanol–water partition coefficient (Wildman–Crippen LogP) is 2.71. The van der Waals surface area contributed by atoms with Gasteiger partial charge in [-0.2, -0.15) is 0 Å². The van der Waals surface area contributed by atoms with Gasteiger partial charge in [-0.25, -0.2) is 0 Å². The molecule has 0 aromatic heterocycles. The molecule has 2 aromatic carbocycles. The number of para-hydroxylation sites is 2. The maximum absolute atomic E-state index is 13.0. The molecule has 2 fully saturated rings. The van der Waals surface area contributed by atoms with Crippen LogP contribution in [0.4, 0.5) is 11.4 Å². The van der Waals surface area contributed by atoms with E-state index in [-0.39, 0.29) is 17.7 Å². The Labute approximate surface area is 171 Å². The van der Waals surface area contributed by atoms with Crippen LogP contribution in [0.5, 0.6) is 5.75 Å². The van der Waals surface area contributed by atoms with Gasteiger partial charge in [0.05, 0.1) is 18.7 Å². The molecule has 6 heteroatoms. The van der Waals surface area contributed by atoms with Crippen LogP contribution in [0.25, 0.3) is 0 Å². The number of benzene rings is 2. The summed E-state index contributed by atoms with van der Waals surface area (Å²) in [7, 11) is 1.68. The van der Waals surface area contributed by atoms with Gasteiger partial charge in [-0.3, -0.25) is 9.59 Å². The molecule has 1 atom stereocenters. The van der Waals surface area contributed by atoms with E-state index in [0.29, 0.717) is 26.1 Å². The molecule has 2 heterocycles. The maximum atomic E-state index is 13.0. The number of amides is 2. The Morgan fingerprint density at radius 3 is 2.38 bits per heavy atom. The zero-order valence-corrected chi connectivity index (χ0v) is 17.0. The number of hydrogen-bond acceptors (Lipinski definition) is 4. The number of ether oxygens (including phenoxy) is 1. The van der Waals surface area contributed by atoms with Crippen molar-refractivity contribution in [2.45, 2.75) is 13.3 Å². The van der Waals surface area contributed by atoms with Crippen LogP contribution in [-0.4, -0.2) is 56.5 Å². The van der Waals surface area contributed by atoms with Crippen LogP contribution in [0.15, 0.2) is 48.5 Å². The van der Waals surface area contributed by atoms with Gasteiger partial charge in [0.1, 0.15) is 5.75 Å². The molecule has 152 valence electrons. The molecule has 0 N–H and O–H groups in total. The summed E-state index contributed by atoms with van der Waals surface area (Å²) in [5.41, 5.74) is 3.08. The van der Waals surface area contributed by atoms with Crippen molar-refractivity contribution in [2.75, 3.05) is 49.6 Å². The number of piperazine rings is 1. The van der Waals surface area contributed by atoms with E-state index in [9.17, 15) is 9.59 Å². The lowest BCUT2D eigenvalue weighted by Crippen LogP contribution is -2.50. The number of carbonyl (C=O) groups is 2. The molecule has 2 aliphatic heterocycles. The van der Waals surface area contributed by atoms with E-state index in [1.165, 1.54) is 0 Å². The molecule has 2 saturated heterocycles. The van der Waals surface area contributed by atoms with E-state index in [2.05, 4.69) is 4.90 Å². The van der Waals surface area contributed by atoms with Crippen LogP contribution < -0.4 is 14.5 Å². The lowest BCUT2D eigenvalue weighted by Gasteiger charge is -2.37. The third-order valence-corrected chi connectivity index (χ3v) is 5.84. The highest BCUT2D eigenvalue weighted by Crippen LogP contribution is 2.30. The van der Waals surface area contributed by atoms with Gasteiger partial charge in [-0.1, -0.05) is 29.8 Å². The van der Waals surface area contributed by atoms with Gasteiger partial charge in [0.25, 0.3) is 0 Å². The van der Waals surface area contributed by atoms with Crippen molar-refractivity contribution in [2.24, 2.45) is 5.92 Å². The molecule has 2 aliphatic rings. The van der Waals surface area contributed by atoms with Crippen LogP contribution in [0.2, 0.25) is 0 Å². The molecule has 0 bridgehead atoms. The minimum atomic E-state index is -0.262. The molecule has 0 saturated carbocycles. The molecule has 2 aromatic rings. The smallest absolute Gasteiger partial charge is 0.228 e. The number of methoxy groups -OCH3 is 1. The van der Waals surface area contributed by atoms with Crippen molar-refractivity contribution in [3.8, 4) is 5.75 Å². The minimum absolute atomic E-state index is 0.0276. The average molecular weight is 393 g/mol. The second kappa shape index (κ2) is 8.15. The Hall–Kier alpha value is -3.02. The van der Waals surface area contributed by atoms with Crippen molar-refractivity contribution in [3.05, 3.63) is 54.1 Å². The Kier molecular flexibility index (Phi) is 5.43. The highest BCUT2D eigenvalue weighted by molar-refractivity contribution is 6.00. The normalized spacial score (nSPS) is 19.6. The fourth-order valence-corrected chi connectivity index (χ4v) is 4.16. The van der Waals surface area contributed by atoms with E-state index in [0.717, 1.165) is 35.8 Å². The van der Waals surface area contributed by atoms with Crippen molar-refractivity contribution in [3.63, 3.8) is 0 Å².